The maximum absolute atomic E-state index is 14.8. The average Bonchev–Trinajstić information content (AvgIpc) is 2.32. The van der Waals surface area contributed by atoms with E-state index in [4.69, 9.17) is 10.3 Å². The van der Waals surface area contributed by atoms with E-state index < -0.39 is 39.2 Å². The number of hydrogen-bond acceptors (Lipinski definition) is 3. The summed E-state index contributed by atoms with van der Waals surface area (Å²) in [5.74, 6) is -2.88. The Bertz CT molecular complexity index is 508. The van der Waals surface area contributed by atoms with Crippen molar-refractivity contribution in [2.75, 3.05) is 5.75 Å². The maximum atomic E-state index is 14.8. The van der Waals surface area contributed by atoms with E-state index in [1.165, 1.54) is 0 Å². The SMILES string of the molecule is NC(CCS(=O)(=O)O)CC12CC3CC(CC(C3)C1(F)F)C2. The summed E-state index contributed by atoms with van der Waals surface area (Å²) in [4.78, 5) is 0. The molecule has 0 aromatic carbocycles. The van der Waals surface area contributed by atoms with Gasteiger partial charge in [-0.1, -0.05) is 0 Å². The van der Waals surface area contributed by atoms with Crippen molar-refractivity contribution in [2.45, 2.75) is 56.9 Å². The lowest BCUT2D eigenvalue weighted by molar-refractivity contribution is -0.259. The first-order chi connectivity index (χ1) is 9.61. The van der Waals surface area contributed by atoms with Crippen LogP contribution in [0.5, 0.6) is 0 Å². The molecule has 21 heavy (non-hydrogen) atoms. The molecule has 0 radical (unpaired) electrons. The van der Waals surface area contributed by atoms with Gasteiger partial charge in [0.05, 0.1) is 5.75 Å². The molecule has 4 bridgehead atoms. The molecule has 7 heteroatoms. The minimum atomic E-state index is -4.08. The summed E-state index contributed by atoms with van der Waals surface area (Å²) in [5, 5.41) is 0. The van der Waals surface area contributed by atoms with Crippen LogP contribution in [0.15, 0.2) is 0 Å². The topological polar surface area (TPSA) is 80.4 Å². The van der Waals surface area contributed by atoms with E-state index in [2.05, 4.69) is 0 Å². The van der Waals surface area contributed by atoms with Crippen molar-refractivity contribution in [3.05, 3.63) is 0 Å². The van der Waals surface area contributed by atoms with Crippen molar-refractivity contribution in [2.24, 2.45) is 28.9 Å². The minimum absolute atomic E-state index is 0.0384. The lowest BCUT2D eigenvalue weighted by Gasteiger charge is -2.61. The van der Waals surface area contributed by atoms with Crippen LogP contribution in [-0.2, 0) is 10.1 Å². The van der Waals surface area contributed by atoms with Crippen LogP contribution in [0.3, 0.4) is 0 Å². The van der Waals surface area contributed by atoms with Crippen LogP contribution in [0.1, 0.15) is 44.9 Å². The molecule has 0 aromatic heterocycles. The fraction of sp³-hybridized carbons (Fsp3) is 1.00. The standard InChI is InChI=1S/C14H23F2NO3S/c15-14(16)11-4-9-3-10(5-11)7-13(14,6-9)8-12(17)1-2-21(18,19)20/h9-12H,1-8,17H2,(H,18,19,20). The monoisotopic (exact) mass is 323 g/mol. The molecule has 3 unspecified atom stereocenters. The van der Waals surface area contributed by atoms with E-state index in [1.807, 2.05) is 0 Å². The first kappa shape index (κ1) is 15.6. The summed E-state index contributed by atoms with van der Waals surface area (Å²) in [6, 6.07) is -0.603. The van der Waals surface area contributed by atoms with Crippen molar-refractivity contribution in [3.63, 3.8) is 0 Å². The second kappa shape index (κ2) is 4.86. The summed E-state index contributed by atoms with van der Waals surface area (Å²) in [7, 11) is -4.08. The van der Waals surface area contributed by atoms with E-state index in [0.717, 1.165) is 6.42 Å². The van der Waals surface area contributed by atoms with Gasteiger partial charge in [-0.2, -0.15) is 8.42 Å². The molecule has 0 aliphatic heterocycles. The van der Waals surface area contributed by atoms with Gasteiger partial charge in [-0.25, -0.2) is 8.78 Å². The molecule has 4 saturated carbocycles. The molecule has 122 valence electrons. The van der Waals surface area contributed by atoms with Gasteiger partial charge in [0.2, 0.25) is 0 Å². The zero-order valence-electron chi connectivity index (χ0n) is 12.0. The highest BCUT2D eigenvalue weighted by Crippen LogP contribution is 2.68. The van der Waals surface area contributed by atoms with Gasteiger partial charge in [0.15, 0.2) is 0 Å². The summed E-state index contributed by atoms with van der Waals surface area (Å²) in [6.45, 7) is 0. The summed E-state index contributed by atoms with van der Waals surface area (Å²) >= 11 is 0. The largest absolute Gasteiger partial charge is 0.328 e. The second-order valence-corrected chi connectivity index (χ2v) is 9.06. The van der Waals surface area contributed by atoms with Crippen LogP contribution in [0.25, 0.3) is 0 Å². The Morgan fingerprint density at radius 3 is 2.29 bits per heavy atom. The first-order valence-electron chi connectivity index (χ1n) is 7.70. The Morgan fingerprint density at radius 1 is 1.19 bits per heavy atom. The predicted molar refractivity (Wildman–Crippen MR) is 74.6 cm³/mol. The number of hydrogen-bond donors (Lipinski definition) is 2. The van der Waals surface area contributed by atoms with Gasteiger partial charge in [-0.3, -0.25) is 4.55 Å². The maximum Gasteiger partial charge on any atom is 0.264 e. The Labute approximate surface area is 124 Å². The van der Waals surface area contributed by atoms with E-state index in [0.29, 0.717) is 37.5 Å². The average molecular weight is 323 g/mol. The van der Waals surface area contributed by atoms with Gasteiger partial charge in [0, 0.05) is 17.4 Å². The van der Waals surface area contributed by atoms with Crippen LogP contribution in [0, 0.1) is 23.2 Å². The number of rotatable bonds is 5. The molecular formula is C14H23F2NO3S. The highest BCUT2D eigenvalue weighted by atomic mass is 32.2. The van der Waals surface area contributed by atoms with Gasteiger partial charge in [-0.15, -0.1) is 0 Å². The molecule has 4 nitrogen and oxygen atoms in total. The van der Waals surface area contributed by atoms with Crippen LogP contribution < -0.4 is 5.73 Å². The molecule has 0 spiro atoms. The summed E-state index contributed by atoms with van der Waals surface area (Å²) in [5.41, 5.74) is 4.87. The van der Waals surface area contributed by atoms with Gasteiger partial charge in [0.1, 0.15) is 0 Å². The van der Waals surface area contributed by atoms with Gasteiger partial charge >= 0.3 is 0 Å². The Balaban J connectivity index is 1.73. The van der Waals surface area contributed by atoms with Gasteiger partial charge < -0.3 is 5.73 Å². The Hall–Kier alpha value is -0.270. The van der Waals surface area contributed by atoms with Crippen molar-refractivity contribution in [1.82, 2.24) is 0 Å². The van der Waals surface area contributed by atoms with Crippen molar-refractivity contribution < 1.29 is 21.8 Å². The van der Waals surface area contributed by atoms with Crippen molar-refractivity contribution in [3.8, 4) is 0 Å². The van der Waals surface area contributed by atoms with E-state index in [9.17, 15) is 17.2 Å². The van der Waals surface area contributed by atoms with Crippen molar-refractivity contribution >= 4 is 10.1 Å². The molecule has 4 fully saturated rings. The van der Waals surface area contributed by atoms with E-state index in [-0.39, 0.29) is 12.8 Å². The van der Waals surface area contributed by atoms with Crippen LogP contribution in [-0.4, -0.2) is 30.7 Å². The fourth-order valence-corrected chi connectivity index (χ4v) is 5.90. The predicted octanol–water partition coefficient (Wildman–Crippen LogP) is 2.44. The molecular weight excluding hydrogens is 300 g/mol. The number of halogens is 2. The van der Waals surface area contributed by atoms with Crippen molar-refractivity contribution in [1.29, 1.82) is 0 Å². The molecule has 0 aromatic rings. The molecule has 4 rings (SSSR count). The quantitative estimate of drug-likeness (QED) is 0.762. The normalized spacial score (nSPS) is 42.2. The molecule has 3 N–H and O–H groups in total. The highest BCUT2D eigenvalue weighted by Gasteiger charge is 2.67. The van der Waals surface area contributed by atoms with Crippen LogP contribution in [0.4, 0.5) is 8.78 Å². The Morgan fingerprint density at radius 2 is 1.76 bits per heavy atom. The second-order valence-electron chi connectivity index (χ2n) is 7.49. The lowest BCUT2D eigenvalue weighted by atomic mass is 9.46. The molecule has 0 heterocycles. The number of alkyl halides is 2. The summed E-state index contributed by atoms with van der Waals surface area (Å²) < 4.78 is 59.9. The Kier molecular flexibility index (Phi) is 3.62. The molecule has 4 aliphatic rings. The molecule has 3 atom stereocenters. The smallest absolute Gasteiger partial charge is 0.264 e. The zero-order chi connectivity index (χ0) is 15.5. The van der Waals surface area contributed by atoms with Crippen LogP contribution >= 0.6 is 0 Å². The van der Waals surface area contributed by atoms with E-state index >= 15 is 0 Å². The lowest BCUT2D eigenvalue weighted by Crippen LogP contribution is -2.61. The summed E-state index contributed by atoms with van der Waals surface area (Å²) in [6.07, 6.45) is 3.57. The third-order valence-corrected chi connectivity index (χ3v) is 6.63. The van der Waals surface area contributed by atoms with Crippen LogP contribution in [0.2, 0.25) is 0 Å². The third-order valence-electron chi connectivity index (χ3n) is 5.88. The van der Waals surface area contributed by atoms with E-state index in [1.54, 1.807) is 0 Å². The van der Waals surface area contributed by atoms with Gasteiger partial charge in [-0.05, 0) is 56.8 Å². The minimum Gasteiger partial charge on any atom is -0.328 e. The molecule has 0 amide bonds. The third kappa shape index (κ3) is 2.72. The first-order valence-corrected chi connectivity index (χ1v) is 9.31. The highest BCUT2D eigenvalue weighted by molar-refractivity contribution is 7.85. The van der Waals surface area contributed by atoms with Gasteiger partial charge in [0.25, 0.3) is 16.0 Å². The zero-order valence-corrected chi connectivity index (χ0v) is 12.8. The fourth-order valence-electron chi connectivity index (χ4n) is 5.29. The number of nitrogens with two attached hydrogens (primary N) is 1. The molecule has 4 aliphatic carbocycles. The molecule has 0 saturated heterocycles.